The lowest BCUT2D eigenvalue weighted by molar-refractivity contribution is -0.168. The highest BCUT2D eigenvalue weighted by Gasteiger charge is 2.70. The topological polar surface area (TPSA) is 46.5 Å². The highest BCUT2D eigenvalue weighted by Crippen LogP contribution is 2.64. The molecule has 1 saturated carbocycles. The molecule has 0 aromatic rings. The summed E-state index contributed by atoms with van der Waals surface area (Å²) in [5.41, 5.74) is -1.11. The van der Waals surface area contributed by atoms with Crippen molar-refractivity contribution in [1.82, 2.24) is 0 Å². The minimum atomic E-state index is -0.915. The van der Waals surface area contributed by atoms with E-state index in [0.29, 0.717) is 13.0 Å². The maximum Gasteiger partial charge on any atom is 0.336 e. The minimum absolute atomic E-state index is 0.0470. The molecule has 2 rings (SSSR count). The first-order valence-electron chi connectivity index (χ1n) is 4.73. The fourth-order valence-electron chi connectivity index (χ4n) is 2.79. The number of fused-ring (bicyclic) bond motifs is 2. The summed E-state index contributed by atoms with van der Waals surface area (Å²) < 4.78 is 5.52. The Labute approximate surface area is 78.1 Å². The molecule has 1 heterocycles. The van der Waals surface area contributed by atoms with Crippen molar-refractivity contribution in [1.29, 1.82) is 0 Å². The van der Waals surface area contributed by atoms with E-state index >= 15 is 0 Å². The molecule has 0 radical (unpaired) electrons. The predicted octanol–water partition coefficient (Wildman–Crippen LogP) is 1.67. The third-order valence-electron chi connectivity index (χ3n) is 4.53. The molecule has 0 aromatic heterocycles. The van der Waals surface area contributed by atoms with Gasteiger partial charge in [0.05, 0.1) is 6.61 Å². The Balaban J connectivity index is 2.50. The van der Waals surface area contributed by atoms with Gasteiger partial charge in [-0.3, -0.25) is 0 Å². The number of aliphatic carboxylic acids is 1. The average Bonchev–Trinajstić information content (AvgIpc) is 2.34. The van der Waals surface area contributed by atoms with Crippen molar-refractivity contribution in [2.24, 2.45) is 10.8 Å². The summed E-state index contributed by atoms with van der Waals surface area (Å²) in [4.78, 5) is 11.2. The van der Waals surface area contributed by atoms with Gasteiger partial charge in [-0.05, 0) is 18.3 Å². The molecule has 1 aliphatic heterocycles. The molecule has 2 fully saturated rings. The molecule has 2 unspecified atom stereocenters. The van der Waals surface area contributed by atoms with Crippen molar-refractivity contribution in [2.45, 2.75) is 39.2 Å². The minimum Gasteiger partial charge on any atom is -0.479 e. The largest absolute Gasteiger partial charge is 0.479 e. The van der Waals surface area contributed by atoms with Gasteiger partial charge >= 0.3 is 5.97 Å². The van der Waals surface area contributed by atoms with Crippen molar-refractivity contribution in [3.05, 3.63) is 0 Å². The van der Waals surface area contributed by atoms with Gasteiger partial charge in [0.2, 0.25) is 0 Å². The van der Waals surface area contributed by atoms with Crippen LogP contribution >= 0.6 is 0 Å². The highest BCUT2D eigenvalue weighted by molar-refractivity contribution is 5.80. The number of hydrogen-bond acceptors (Lipinski definition) is 2. The van der Waals surface area contributed by atoms with E-state index in [2.05, 4.69) is 6.92 Å². The van der Waals surface area contributed by atoms with Crippen LogP contribution in [0.5, 0.6) is 0 Å². The lowest BCUT2D eigenvalue weighted by Crippen LogP contribution is -2.47. The van der Waals surface area contributed by atoms with Crippen LogP contribution in [0.1, 0.15) is 33.6 Å². The molecule has 2 atom stereocenters. The Kier molecular flexibility index (Phi) is 1.44. The molecular formula is C10H16O3. The van der Waals surface area contributed by atoms with Crippen LogP contribution in [-0.4, -0.2) is 23.3 Å². The number of rotatable bonds is 1. The molecule has 0 amide bonds. The van der Waals surface area contributed by atoms with Crippen LogP contribution in [0.2, 0.25) is 0 Å². The van der Waals surface area contributed by atoms with E-state index in [1.54, 1.807) is 0 Å². The Hall–Kier alpha value is -0.570. The average molecular weight is 184 g/mol. The molecule has 3 nitrogen and oxygen atoms in total. The summed E-state index contributed by atoms with van der Waals surface area (Å²) in [6.07, 6.45) is 1.62. The third kappa shape index (κ3) is 0.725. The van der Waals surface area contributed by atoms with Crippen LogP contribution in [0.3, 0.4) is 0 Å². The standard InChI is InChI=1S/C10H16O3/c1-8(2)9(3)4-5-10(8,7(11)12)13-6-9/h4-6H2,1-3H3,(H,11,12). The van der Waals surface area contributed by atoms with E-state index in [1.165, 1.54) is 0 Å². The second kappa shape index (κ2) is 2.08. The zero-order valence-electron chi connectivity index (χ0n) is 8.39. The number of carbonyl (C=O) groups is 1. The quantitative estimate of drug-likeness (QED) is 0.674. The van der Waals surface area contributed by atoms with Gasteiger partial charge in [-0.25, -0.2) is 4.79 Å². The lowest BCUT2D eigenvalue weighted by atomic mass is 9.67. The van der Waals surface area contributed by atoms with Gasteiger partial charge in [0.1, 0.15) is 0 Å². The first-order chi connectivity index (χ1) is 5.86. The van der Waals surface area contributed by atoms with E-state index in [1.807, 2.05) is 13.8 Å². The molecule has 2 bridgehead atoms. The van der Waals surface area contributed by atoms with Gasteiger partial charge in [-0.15, -0.1) is 0 Å². The van der Waals surface area contributed by atoms with E-state index in [9.17, 15) is 9.90 Å². The SMILES string of the molecule is CC12CCC(C(=O)O)(OC1)C2(C)C. The predicted molar refractivity (Wildman–Crippen MR) is 47.4 cm³/mol. The fourth-order valence-corrected chi connectivity index (χ4v) is 2.79. The first kappa shape index (κ1) is 9.00. The van der Waals surface area contributed by atoms with Gasteiger partial charge in [0.25, 0.3) is 0 Å². The molecule has 1 N–H and O–H groups in total. The Morgan fingerprint density at radius 1 is 1.31 bits per heavy atom. The van der Waals surface area contributed by atoms with Crippen LogP contribution in [0.25, 0.3) is 0 Å². The molecule has 1 aliphatic carbocycles. The lowest BCUT2D eigenvalue weighted by Gasteiger charge is -2.35. The zero-order valence-corrected chi connectivity index (χ0v) is 8.39. The van der Waals surface area contributed by atoms with Crippen LogP contribution in [0, 0.1) is 10.8 Å². The monoisotopic (exact) mass is 184 g/mol. The Bertz CT molecular complexity index is 259. The summed E-state index contributed by atoms with van der Waals surface area (Å²) in [5.74, 6) is -0.793. The number of carboxylic acid groups (broad SMARTS) is 1. The normalized spacial score (nSPS) is 46.7. The zero-order chi connectivity index (χ0) is 9.91. The summed E-state index contributed by atoms with van der Waals surface area (Å²) in [7, 11) is 0. The molecular weight excluding hydrogens is 168 g/mol. The maximum absolute atomic E-state index is 11.2. The van der Waals surface area contributed by atoms with Crippen LogP contribution in [0.4, 0.5) is 0 Å². The van der Waals surface area contributed by atoms with E-state index < -0.39 is 11.6 Å². The first-order valence-corrected chi connectivity index (χ1v) is 4.73. The van der Waals surface area contributed by atoms with Crippen molar-refractivity contribution in [2.75, 3.05) is 6.61 Å². The van der Waals surface area contributed by atoms with E-state index in [0.717, 1.165) is 6.42 Å². The smallest absolute Gasteiger partial charge is 0.336 e. The highest BCUT2D eigenvalue weighted by atomic mass is 16.5. The van der Waals surface area contributed by atoms with Crippen molar-refractivity contribution in [3.63, 3.8) is 0 Å². The summed E-state index contributed by atoms with van der Waals surface area (Å²) in [6.45, 7) is 6.75. The van der Waals surface area contributed by atoms with Gasteiger partial charge in [-0.2, -0.15) is 0 Å². The molecule has 13 heavy (non-hydrogen) atoms. The number of ether oxygens (including phenoxy) is 1. The Morgan fingerprint density at radius 2 is 1.92 bits per heavy atom. The summed E-state index contributed by atoms with van der Waals surface area (Å²) in [6, 6.07) is 0. The van der Waals surface area contributed by atoms with Gasteiger partial charge in [-0.1, -0.05) is 20.8 Å². The summed E-state index contributed by atoms with van der Waals surface area (Å²) >= 11 is 0. The van der Waals surface area contributed by atoms with Crippen LogP contribution < -0.4 is 0 Å². The number of hydrogen-bond donors (Lipinski definition) is 1. The fraction of sp³-hybridized carbons (Fsp3) is 0.900. The second-order valence-corrected chi connectivity index (χ2v) is 5.11. The van der Waals surface area contributed by atoms with E-state index in [-0.39, 0.29) is 10.8 Å². The van der Waals surface area contributed by atoms with Crippen molar-refractivity contribution in [3.8, 4) is 0 Å². The van der Waals surface area contributed by atoms with Gasteiger partial charge < -0.3 is 9.84 Å². The molecule has 0 aromatic carbocycles. The van der Waals surface area contributed by atoms with Crippen molar-refractivity contribution < 1.29 is 14.6 Å². The van der Waals surface area contributed by atoms with Crippen LogP contribution in [-0.2, 0) is 9.53 Å². The molecule has 2 aliphatic rings. The molecule has 3 heteroatoms. The molecule has 74 valence electrons. The molecule has 1 saturated heterocycles. The van der Waals surface area contributed by atoms with Crippen LogP contribution in [0.15, 0.2) is 0 Å². The second-order valence-electron chi connectivity index (χ2n) is 5.11. The molecule has 0 spiro atoms. The number of carboxylic acids is 1. The van der Waals surface area contributed by atoms with Crippen molar-refractivity contribution >= 4 is 5.97 Å². The van der Waals surface area contributed by atoms with E-state index in [4.69, 9.17) is 4.74 Å². The maximum atomic E-state index is 11.2. The summed E-state index contributed by atoms with van der Waals surface area (Å²) in [5, 5.41) is 9.22. The third-order valence-corrected chi connectivity index (χ3v) is 4.53. The van der Waals surface area contributed by atoms with Gasteiger partial charge in [0.15, 0.2) is 5.60 Å². The Morgan fingerprint density at radius 3 is 2.08 bits per heavy atom. The van der Waals surface area contributed by atoms with Gasteiger partial charge in [0, 0.05) is 5.41 Å².